The summed E-state index contributed by atoms with van der Waals surface area (Å²) in [5, 5.41) is 6.92. The van der Waals surface area contributed by atoms with Gasteiger partial charge in [0.2, 0.25) is 0 Å². The predicted molar refractivity (Wildman–Crippen MR) is 58.6 cm³/mol. The number of aryl methyl sites for hydroxylation is 1. The number of aromatic nitrogens is 2. The van der Waals surface area contributed by atoms with Gasteiger partial charge < -0.3 is 11.1 Å². The highest BCUT2D eigenvalue weighted by atomic mass is 16.1. The topological polar surface area (TPSA) is 72.9 Å². The second-order valence-electron chi connectivity index (χ2n) is 3.36. The lowest BCUT2D eigenvalue weighted by atomic mass is 10.2. The molecule has 5 heteroatoms. The van der Waals surface area contributed by atoms with E-state index in [1.807, 2.05) is 13.8 Å². The first-order valence-electron chi connectivity index (χ1n) is 5.21. The van der Waals surface area contributed by atoms with E-state index in [1.165, 1.54) is 0 Å². The Morgan fingerprint density at radius 1 is 1.67 bits per heavy atom. The lowest BCUT2D eigenvalue weighted by Crippen LogP contribution is -2.26. The minimum atomic E-state index is -0.0688. The predicted octanol–water partition coefficient (Wildman–Crippen LogP) is 0.290. The Balaban J connectivity index is 2.61. The smallest absolute Gasteiger partial charge is 0.254 e. The first kappa shape index (κ1) is 11.7. The Hall–Kier alpha value is -1.36. The van der Waals surface area contributed by atoms with Gasteiger partial charge in [-0.1, -0.05) is 0 Å². The molecule has 84 valence electrons. The summed E-state index contributed by atoms with van der Waals surface area (Å²) < 4.78 is 1.80. The summed E-state index contributed by atoms with van der Waals surface area (Å²) in [7, 11) is 0. The van der Waals surface area contributed by atoms with Crippen LogP contribution in [0.15, 0.2) is 6.20 Å². The molecule has 1 amide bonds. The molecule has 15 heavy (non-hydrogen) atoms. The maximum atomic E-state index is 11.7. The number of rotatable bonds is 5. The van der Waals surface area contributed by atoms with Gasteiger partial charge in [0.05, 0.1) is 11.8 Å². The number of nitrogens with two attached hydrogens (primary N) is 1. The molecule has 5 nitrogen and oxygen atoms in total. The zero-order valence-corrected chi connectivity index (χ0v) is 9.29. The highest BCUT2D eigenvalue weighted by Gasteiger charge is 2.12. The third-order valence-corrected chi connectivity index (χ3v) is 2.31. The molecule has 1 rings (SSSR count). The quantitative estimate of drug-likeness (QED) is 0.686. The summed E-state index contributed by atoms with van der Waals surface area (Å²) in [6.45, 7) is 5.88. The molecule has 1 heterocycles. The summed E-state index contributed by atoms with van der Waals surface area (Å²) in [4.78, 5) is 11.7. The fourth-order valence-corrected chi connectivity index (χ4v) is 1.39. The molecule has 0 bridgehead atoms. The van der Waals surface area contributed by atoms with E-state index in [9.17, 15) is 4.79 Å². The number of nitrogens with zero attached hydrogens (tertiary/aromatic N) is 2. The van der Waals surface area contributed by atoms with Crippen molar-refractivity contribution in [1.82, 2.24) is 15.1 Å². The van der Waals surface area contributed by atoms with E-state index in [2.05, 4.69) is 10.4 Å². The van der Waals surface area contributed by atoms with Crippen LogP contribution in [0.5, 0.6) is 0 Å². The Bertz CT molecular complexity index is 332. The minimum Gasteiger partial charge on any atom is -0.352 e. The molecule has 0 fully saturated rings. The summed E-state index contributed by atoms with van der Waals surface area (Å²) >= 11 is 0. The summed E-state index contributed by atoms with van der Waals surface area (Å²) in [5.41, 5.74) is 6.89. The van der Waals surface area contributed by atoms with Crippen LogP contribution in [-0.4, -0.2) is 28.8 Å². The first-order valence-corrected chi connectivity index (χ1v) is 5.21. The number of carbonyl (C=O) groups excluding carboxylic acids is 1. The normalized spacial score (nSPS) is 10.3. The zero-order valence-electron chi connectivity index (χ0n) is 9.29. The molecule has 0 aliphatic rings. The molecular weight excluding hydrogens is 192 g/mol. The van der Waals surface area contributed by atoms with E-state index in [-0.39, 0.29) is 5.91 Å². The Morgan fingerprint density at radius 3 is 2.93 bits per heavy atom. The average Bonchev–Trinajstić information content (AvgIpc) is 2.60. The van der Waals surface area contributed by atoms with Crippen LogP contribution in [0.3, 0.4) is 0 Å². The number of nitrogens with one attached hydrogen (secondary N) is 1. The van der Waals surface area contributed by atoms with Gasteiger partial charge in [0.15, 0.2) is 0 Å². The van der Waals surface area contributed by atoms with Crippen LogP contribution >= 0.6 is 0 Å². The van der Waals surface area contributed by atoms with Gasteiger partial charge in [-0.25, -0.2) is 0 Å². The van der Waals surface area contributed by atoms with E-state index in [4.69, 9.17) is 5.73 Å². The van der Waals surface area contributed by atoms with Crippen molar-refractivity contribution in [3.63, 3.8) is 0 Å². The van der Waals surface area contributed by atoms with E-state index >= 15 is 0 Å². The Morgan fingerprint density at radius 2 is 2.40 bits per heavy atom. The second kappa shape index (κ2) is 5.50. The van der Waals surface area contributed by atoms with Crippen molar-refractivity contribution >= 4 is 5.91 Å². The van der Waals surface area contributed by atoms with E-state index < -0.39 is 0 Å². The molecule has 0 saturated carbocycles. The van der Waals surface area contributed by atoms with Crippen LogP contribution in [0, 0.1) is 6.92 Å². The van der Waals surface area contributed by atoms with E-state index in [1.54, 1.807) is 10.9 Å². The summed E-state index contributed by atoms with van der Waals surface area (Å²) in [6.07, 6.45) is 2.41. The number of hydrogen-bond donors (Lipinski definition) is 2. The van der Waals surface area contributed by atoms with Crippen LogP contribution in [-0.2, 0) is 6.54 Å². The first-order chi connectivity index (χ1) is 7.20. The van der Waals surface area contributed by atoms with Crippen molar-refractivity contribution in [3.8, 4) is 0 Å². The van der Waals surface area contributed by atoms with Gasteiger partial charge in [-0.3, -0.25) is 9.48 Å². The van der Waals surface area contributed by atoms with Crippen LogP contribution in [0.25, 0.3) is 0 Å². The van der Waals surface area contributed by atoms with Gasteiger partial charge >= 0.3 is 0 Å². The van der Waals surface area contributed by atoms with Crippen LogP contribution < -0.4 is 11.1 Å². The molecule has 0 aliphatic heterocycles. The summed E-state index contributed by atoms with van der Waals surface area (Å²) in [5.74, 6) is -0.0688. The molecule has 0 aromatic carbocycles. The highest BCUT2D eigenvalue weighted by Crippen LogP contribution is 2.06. The molecular formula is C10H18N4O. The van der Waals surface area contributed by atoms with Crippen LogP contribution in [0.1, 0.15) is 29.4 Å². The maximum absolute atomic E-state index is 11.7. The van der Waals surface area contributed by atoms with Crippen molar-refractivity contribution in [3.05, 3.63) is 17.5 Å². The number of carbonyl (C=O) groups is 1. The standard InChI is InChI=1S/C10H18N4O/c1-3-14-8(2)9(7-13-14)10(15)12-6-4-5-11/h7H,3-6,11H2,1-2H3,(H,12,15). The largest absolute Gasteiger partial charge is 0.352 e. The molecule has 0 radical (unpaired) electrons. The average molecular weight is 210 g/mol. The van der Waals surface area contributed by atoms with E-state index in [0.29, 0.717) is 18.7 Å². The molecule has 0 unspecified atom stereocenters. The second-order valence-corrected chi connectivity index (χ2v) is 3.36. The Labute approximate surface area is 89.6 Å². The molecule has 0 spiro atoms. The fraction of sp³-hybridized carbons (Fsp3) is 0.600. The molecule has 0 atom stereocenters. The maximum Gasteiger partial charge on any atom is 0.254 e. The monoisotopic (exact) mass is 210 g/mol. The van der Waals surface area contributed by atoms with Gasteiger partial charge in [-0.05, 0) is 26.8 Å². The van der Waals surface area contributed by atoms with Gasteiger partial charge in [0, 0.05) is 18.8 Å². The Kier molecular flexibility index (Phi) is 4.30. The van der Waals surface area contributed by atoms with Crippen LogP contribution in [0.2, 0.25) is 0 Å². The molecule has 3 N–H and O–H groups in total. The van der Waals surface area contributed by atoms with Crippen molar-refractivity contribution in [1.29, 1.82) is 0 Å². The summed E-state index contributed by atoms with van der Waals surface area (Å²) in [6, 6.07) is 0. The lowest BCUT2D eigenvalue weighted by Gasteiger charge is -2.04. The minimum absolute atomic E-state index is 0.0688. The SMILES string of the molecule is CCn1ncc(C(=O)NCCCN)c1C. The molecule has 1 aromatic rings. The third-order valence-electron chi connectivity index (χ3n) is 2.31. The number of hydrogen-bond acceptors (Lipinski definition) is 3. The fourth-order valence-electron chi connectivity index (χ4n) is 1.39. The molecule has 1 aromatic heterocycles. The zero-order chi connectivity index (χ0) is 11.3. The van der Waals surface area contributed by atoms with E-state index in [0.717, 1.165) is 18.7 Å². The number of amides is 1. The van der Waals surface area contributed by atoms with Crippen LogP contribution in [0.4, 0.5) is 0 Å². The lowest BCUT2D eigenvalue weighted by molar-refractivity contribution is 0.0953. The van der Waals surface area contributed by atoms with Gasteiger partial charge in [-0.15, -0.1) is 0 Å². The van der Waals surface area contributed by atoms with Crippen molar-refractivity contribution < 1.29 is 4.79 Å². The van der Waals surface area contributed by atoms with Gasteiger partial charge in [0.1, 0.15) is 0 Å². The van der Waals surface area contributed by atoms with Crippen molar-refractivity contribution in [2.45, 2.75) is 26.8 Å². The van der Waals surface area contributed by atoms with Crippen molar-refractivity contribution in [2.24, 2.45) is 5.73 Å². The van der Waals surface area contributed by atoms with Gasteiger partial charge in [-0.2, -0.15) is 5.10 Å². The third kappa shape index (κ3) is 2.79. The van der Waals surface area contributed by atoms with Crippen molar-refractivity contribution in [2.75, 3.05) is 13.1 Å². The van der Waals surface area contributed by atoms with Gasteiger partial charge in [0.25, 0.3) is 5.91 Å². The molecule has 0 aliphatic carbocycles. The molecule has 0 saturated heterocycles. The highest BCUT2D eigenvalue weighted by molar-refractivity contribution is 5.94.